The highest BCUT2D eigenvalue weighted by molar-refractivity contribution is 5.93. The minimum atomic E-state index is -4.76. The highest BCUT2D eigenvalue weighted by Gasteiger charge is 2.35. The van der Waals surface area contributed by atoms with Gasteiger partial charge in [0.2, 0.25) is 11.6 Å². The molecule has 0 aliphatic heterocycles. The summed E-state index contributed by atoms with van der Waals surface area (Å²) in [6.45, 7) is 0.974. The number of hydrogen-bond acceptors (Lipinski definition) is 3. The van der Waals surface area contributed by atoms with Crippen LogP contribution in [-0.4, -0.2) is 18.2 Å². The third-order valence-corrected chi connectivity index (χ3v) is 3.38. The van der Waals surface area contributed by atoms with Gasteiger partial charge in [-0.25, -0.2) is 9.18 Å². The molecule has 4 nitrogen and oxygen atoms in total. The number of carboxylic acids is 1. The largest absolute Gasteiger partial charge is 0.490 e. The fourth-order valence-electron chi connectivity index (χ4n) is 2.25. The first-order valence-corrected chi connectivity index (χ1v) is 6.71. The summed E-state index contributed by atoms with van der Waals surface area (Å²) in [5.41, 5.74) is -2.46. The van der Waals surface area contributed by atoms with Gasteiger partial charge in [0.1, 0.15) is 11.3 Å². The van der Waals surface area contributed by atoms with Crippen LogP contribution in [0.1, 0.15) is 21.5 Å². The molecule has 2 aromatic carbocycles. The van der Waals surface area contributed by atoms with Crippen LogP contribution in [0.3, 0.4) is 0 Å². The summed E-state index contributed by atoms with van der Waals surface area (Å²) in [6.07, 6.45) is -4.76. The molecule has 0 atom stereocenters. The Morgan fingerprint density at radius 1 is 1.08 bits per heavy atom. The molecule has 25 heavy (non-hydrogen) atoms. The predicted molar refractivity (Wildman–Crippen MR) is 76.1 cm³/mol. The maximum absolute atomic E-state index is 13.7. The van der Waals surface area contributed by atoms with E-state index in [2.05, 4.69) is 4.74 Å². The van der Waals surface area contributed by atoms with E-state index in [-0.39, 0.29) is 5.75 Å². The first kappa shape index (κ1) is 18.5. The van der Waals surface area contributed by atoms with E-state index in [1.165, 1.54) is 0 Å². The van der Waals surface area contributed by atoms with E-state index in [9.17, 15) is 31.9 Å². The van der Waals surface area contributed by atoms with Gasteiger partial charge in [0.25, 0.3) is 0 Å². The lowest BCUT2D eigenvalue weighted by Gasteiger charge is -2.17. The van der Waals surface area contributed by atoms with Crippen molar-refractivity contribution in [2.45, 2.75) is 13.1 Å². The maximum Gasteiger partial charge on any atom is 0.416 e. The Bertz CT molecular complexity index is 830. The van der Waals surface area contributed by atoms with E-state index in [1.807, 2.05) is 0 Å². The number of rotatable bonds is 4. The van der Waals surface area contributed by atoms with Gasteiger partial charge in [-0.3, -0.25) is 0 Å². The Balaban J connectivity index is 2.60. The number of methoxy groups -OCH3 is 1. The lowest BCUT2D eigenvalue weighted by atomic mass is 10.0. The van der Waals surface area contributed by atoms with Crippen molar-refractivity contribution in [3.8, 4) is 17.2 Å². The van der Waals surface area contributed by atoms with Crippen LogP contribution in [0.15, 0.2) is 24.3 Å². The lowest BCUT2D eigenvalue weighted by molar-refractivity contribution is -0.138. The third-order valence-electron chi connectivity index (χ3n) is 3.38. The molecule has 2 aromatic rings. The summed E-state index contributed by atoms with van der Waals surface area (Å²) >= 11 is 0. The first-order valence-electron chi connectivity index (χ1n) is 6.71. The third kappa shape index (κ3) is 3.49. The molecule has 2 rings (SSSR count). The smallest absolute Gasteiger partial charge is 0.416 e. The molecule has 0 fully saturated rings. The van der Waals surface area contributed by atoms with Crippen molar-refractivity contribution in [3.63, 3.8) is 0 Å². The molecule has 9 heteroatoms. The van der Waals surface area contributed by atoms with Crippen LogP contribution in [0, 0.1) is 18.6 Å². The number of halogens is 5. The van der Waals surface area contributed by atoms with E-state index in [0.29, 0.717) is 12.1 Å². The zero-order valence-corrected chi connectivity index (χ0v) is 12.9. The van der Waals surface area contributed by atoms with E-state index in [4.69, 9.17) is 4.74 Å². The summed E-state index contributed by atoms with van der Waals surface area (Å²) < 4.78 is 75.5. The van der Waals surface area contributed by atoms with Gasteiger partial charge >= 0.3 is 12.1 Å². The van der Waals surface area contributed by atoms with Gasteiger partial charge in [-0.15, -0.1) is 0 Å². The number of benzene rings is 2. The molecule has 1 N–H and O–H groups in total. The summed E-state index contributed by atoms with van der Waals surface area (Å²) in [7, 11) is 1.03. The molecule has 0 aliphatic carbocycles. The lowest BCUT2D eigenvalue weighted by Crippen LogP contribution is -2.12. The zero-order valence-electron chi connectivity index (χ0n) is 12.9. The molecule has 0 aliphatic rings. The van der Waals surface area contributed by atoms with Crippen LogP contribution in [0.5, 0.6) is 17.2 Å². The first-order chi connectivity index (χ1) is 11.6. The second-order valence-electron chi connectivity index (χ2n) is 4.91. The van der Waals surface area contributed by atoms with Crippen molar-refractivity contribution in [2.24, 2.45) is 0 Å². The average Bonchev–Trinajstić information content (AvgIpc) is 2.49. The van der Waals surface area contributed by atoms with Crippen LogP contribution >= 0.6 is 0 Å². The van der Waals surface area contributed by atoms with Crippen molar-refractivity contribution in [2.75, 3.05) is 7.11 Å². The number of carbonyl (C=O) groups is 1. The highest BCUT2D eigenvalue weighted by Crippen LogP contribution is 2.40. The average molecular weight is 362 g/mol. The fraction of sp³-hybridized carbons (Fsp3) is 0.188. The molecule has 0 saturated heterocycles. The Hall–Kier alpha value is -2.84. The normalized spacial score (nSPS) is 11.3. The number of hydrogen-bond donors (Lipinski definition) is 1. The number of aromatic carboxylic acids is 1. The van der Waals surface area contributed by atoms with Crippen molar-refractivity contribution in [1.82, 2.24) is 0 Å². The molecule has 0 spiro atoms. The SMILES string of the molecule is COc1c(Oc2ccc(C(F)(F)F)c(C)c2C(=O)O)ccc(F)c1F. The molecule has 0 aromatic heterocycles. The summed E-state index contributed by atoms with van der Waals surface area (Å²) in [4.78, 5) is 11.4. The van der Waals surface area contributed by atoms with Crippen LogP contribution in [0.2, 0.25) is 0 Å². The number of alkyl halides is 3. The summed E-state index contributed by atoms with van der Waals surface area (Å²) in [5, 5.41) is 9.23. The Kier molecular flexibility index (Phi) is 4.87. The Labute approximate surface area is 138 Å². The van der Waals surface area contributed by atoms with Crippen molar-refractivity contribution < 1.29 is 41.3 Å². The van der Waals surface area contributed by atoms with Crippen LogP contribution in [-0.2, 0) is 6.18 Å². The molecule has 0 unspecified atom stereocenters. The number of ether oxygens (including phenoxy) is 2. The molecule has 0 amide bonds. The predicted octanol–water partition coefficient (Wildman–Crippen LogP) is 4.79. The van der Waals surface area contributed by atoms with Gasteiger partial charge in [0, 0.05) is 0 Å². The molecule has 134 valence electrons. The fourth-order valence-corrected chi connectivity index (χ4v) is 2.25. The van der Waals surface area contributed by atoms with Crippen LogP contribution in [0.25, 0.3) is 0 Å². The van der Waals surface area contributed by atoms with Crippen molar-refractivity contribution in [3.05, 3.63) is 52.6 Å². The topological polar surface area (TPSA) is 55.8 Å². The molecule has 0 radical (unpaired) electrons. The second-order valence-corrected chi connectivity index (χ2v) is 4.91. The van der Waals surface area contributed by atoms with Gasteiger partial charge in [0.05, 0.1) is 12.7 Å². The van der Waals surface area contributed by atoms with E-state index >= 15 is 0 Å². The van der Waals surface area contributed by atoms with Crippen LogP contribution < -0.4 is 9.47 Å². The minimum Gasteiger partial charge on any atom is -0.490 e. The quantitative estimate of drug-likeness (QED) is 0.795. The van der Waals surface area contributed by atoms with Crippen molar-refractivity contribution in [1.29, 1.82) is 0 Å². The monoisotopic (exact) mass is 362 g/mol. The Morgan fingerprint density at radius 3 is 2.20 bits per heavy atom. The van der Waals surface area contributed by atoms with E-state index < -0.39 is 52.0 Å². The molecule has 0 heterocycles. The van der Waals surface area contributed by atoms with Gasteiger partial charge < -0.3 is 14.6 Å². The zero-order chi connectivity index (χ0) is 18.9. The van der Waals surface area contributed by atoms with Crippen LogP contribution in [0.4, 0.5) is 22.0 Å². The molecule has 0 saturated carbocycles. The maximum atomic E-state index is 13.7. The molecular weight excluding hydrogens is 351 g/mol. The van der Waals surface area contributed by atoms with E-state index in [1.54, 1.807) is 0 Å². The highest BCUT2D eigenvalue weighted by atomic mass is 19.4. The van der Waals surface area contributed by atoms with Gasteiger partial charge in [-0.1, -0.05) is 0 Å². The summed E-state index contributed by atoms with van der Waals surface area (Å²) in [5.74, 6) is -5.77. The second kappa shape index (κ2) is 6.58. The number of carboxylic acid groups (broad SMARTS) is 1. The Morgan fingerprint density at radius 2 is 1.68 bits per heavy atom. The standard InChI is InChI=1S/C16H11F5O4/c1-7-8(16(19,20)21)3-5-10(12(7)15(22)23)25-11-6-4-9(17)13(18)14(11)24-2/h3-6H,1-2H3,(H,22,23). The minimum absolute atomic E-state index is 0.386. The summed E-state index contributed by atoms with van der Waals surface area (Å²) in [6, 6.07) is 3.11. The van der Waals surface area contributed by atoms with E-state index in [0.717, 1.165) is 26.2 Å². The van der Waals surface area contributed by atoms with Gasteiger partial charge in [-0.2, -0.15) is 17.6 Å². The molecule has 0 bridgehead atoms. The van der Waals surface area contributed by atoms with Gasteiger partial charge in [-0.05, 0) is 36.8 Å². The van der Waals surface area contributed by atoms with Crippen molar-refractivity contribution >= 4 is 5.97 Å². The molecular formula is C16H11F5O4. The van der Waals surface area contributed by atoms with Gasteiger partial charge in [0.15, 0.2) is 11.6 Å².